The van der Waals surface area contributed by atoms with Crippen LogP contribution in [0.15, 0.2) is 255 Å². The van der Waals surface area contributed by atoms with E-state index in [0.717, 1.165) is 78.3 Å². The van der Waals surface area contributed by atoms with E-state index in [4.69, 9.17) is 19.9 Å². The second kappa shape index (κ2) is 18.7. The van der Waals surface area contributed by atoms with Gasteiger partial charge in [-0.1, -0.05) is 220 Å². The first-order valence-corrected chi connectivity index (χ1v) is 32.8. The molecule has 0 aliphatic carbocycles. The third kappa shape index (κ3) is 7.90. The van der Waals surface area contributed by atoms with Crippen LogP contribution >= 0.6 is 0 Å². The van der Waals surface area contributed by atoms with Gasteiger partial charge in [-0.3, -0.25) is 0 Å². The largest absolute Gasteiger partial charge is 0.311 e. The Morgan fingerprint density at radius 1 is 0.269 bits per heavy atom. The highest BCUT2D eigenvalue weighted by Crippen LogP contribution is 2.48. The number of fused-ring (bicyclic) bond motifs is 5. The maximum Gasteiger partial charge on any atom is 0.161 e. The lowest BCUT2D eigenvalue weighted by Gasteiger charge is -2.41. The van der Waals surface area contributed by atoms with Gasteiger partial charge in [0, 0.05) is 67.5 Å². The lowest BCUT2D eigenvalue weighted by atomic mass is 9.94. The summed E-state index contributed by atoms with van der Waals surface area (Å²) in [7, 11) is -4.30. The molecule has 10 aromatic carbocycles. The van der Waals surface area contributed by atoms with E-state index in [9.17, 15) is 0 Å². The highest BCUT2D eigenvalue weighted by atomic mass is 28.3. The molecule has 2 aromatic heterocycles. The SMILES string of the molecule is C[Si]1(C)c2ccccc2N(c2cc(-c3nc(-c4ccccc4)cc(-c4ccccc4)n3)c3cc(N4c5ccccc5[Si](C)(C)c5ccccc54)cc(-c4nc(-c5ccccc5)cc(-c5ccccc5)n4)c3c2)c2ccccc21. The molecule has 4 heterocycles. The first-order chi connectivity index (χ1) is 38.2. The van der Waals surface area contributed by atoms with Gasteiger partial charge in [0.15, 0.2) is 11.6 Å². The van der Waals surface area contributed by atoms with Crippen LogP contribution in [0.2, 0.25) is 26.2 Å². The third-order valence-electron chi connectivity index (χ3n) is 16.0. The van der Waals surface area contributed by atoms with E-state index in [1.165, 1.54) is 43.5 Å². The molecule has 0 saturated carbocycles. The number of anilines is 6. The highest BCUT2D eigenvalue weighted by Gasteiger charge is 2.40. The van der Waals surface area contributed by atoms with Gasteiger partial charge in [0.25, 0.3) is 0 Å². The minimum absolute atomic E-state index is 0.621. The van der Waals surface area contributed by atoms with Crippen molar-refractivity contribution in [1.29, 1.82) is 0 Å². The molecular formula is C70H54N6Si2. The van der Waals surface area contributed by atoms with Crippen LogP contribution in [-0.4, -0.2) is 36.1 Å². The number of hydrogen-bond donors (Lipinski definition) is 0. The molecule has 0 radical (unpaired) electrons. The maximum absolute atomic E-state index is 5.63. The van der Waals surface area contributed by atoms with Crippen LogP contribution in [-0.2, 0) is 0 Å². The summed E-state index contributed by atoms with van der Waals surface area (Å²) in [6.07, 6.45) is 0. The van der Waals surface area contributed by atoms with Gasteiger partial charge in [0.05, 0.1) is 22.8 Å². The lowest BCUT2D eigenvalue weighted by molar-refractivity contribution is 1.18. The number of rotatable bonds is 8. The summed E-state index contributed by atoms with van der Waals surface area (Å²) in [6.45, 7) is 9.90. The Labute approximate surface area is 457 Å². The van der Waals surface area contributed by atoms with Gasteiger partial charge in [0.1, 0.15) is 16.1 Å². The predicted molar refractivity (Wildman–Crippen MR) is 331 cm³/mol. The van der Waals surface area contributed by atoms with Gasteiger partial charge >= 0.3 is 0 Å². The van der Waals surface area contributed by atoms with Crippen LogP contribution in [0, 0.1) is 0 Å². The Morgan fingerprint density at radius 2 is 0.513 bits per heavy atom. The van der Waals surface area contributed by atoms with Crippen molar-refractivity contribution in [3.05, 3.63) is 255 Å². The molecule has 0 atom stereocenters. The number of hydrogen-bond acceptors (Lipinski definition) is 6. The summed E-state index contributed by atoms with van der Waals surface area (Å²) >= 11 is 0. The summed E-state index contributed by atoms with van der Waals surface area (Å²) in [6, 6.07) is 91.7. The fourth-order valence-corrected chi connectivity index (χ4v) is 18.1. The molecule has 0 fully saturated rings. The van der Waals surface area contributed by atoms with E-state index in [0.29, 0.717) is 11.6 Å². The quantitative estimate of drug-likeness (QED) is 0.141. The van der Waals surface area contributed by atoms with Crippen LogP contribution in [0.1, 0.15) is 0 Å². The highest BCUT2D eigenvalue weighted by molar-refractivity contribution is 7.03. The second-order valence-electron chi connectivity index (χ2n) is 21.5. The smallest absolute Gasteiger partial charge is 0.161 e. The Kier molecular flexibility index (Phi) is 11.3. The van der Waals surface area contributed by atoms with Gasteiger partial charge in [-0.2, -0.15) is 0 Å². The van der Waals surface area contributed by atoms with Gasteiger partial charge in [-0.25, -0.2) is 19.9 Å². The topological polar surface area (TPSA) is 58.0 Å². The van der Waals surface area contributed by atoms with E-state index in [-0.39, 0.29) is 0 Å². The molecular weight excluding hydrogens is 981 g/mol. The van der Waals surface area contributed by atoms with Gasteiger partial charge in [-0.05, 0) is 92.2 Å². The van der Waals surface area contributed by atoms with Crippen LogP contribution in [0.25, 0.3) is 78.6 Å². The zero-order chi connectivity index (χ0) is 52.5. The molecule has 8 heteroatoms. The summed E-state index contributed by atoms with van der Waals surface area (Å²) in [5.41, 5.74) is 15.9. The number of para-hydroxylation sites is 4. The van der Waals surface area contributed by atoms with E-state index in [1.807, 2.05) is 0 Å². The molecule has 0 unspecified atom stereocenters. The Hall–Kier alpha value is -9.35. The van der Waals surface area contributed by atoms with Gasteiger partial charge in [0.2, 0.25) is 0 Å². The fraction of sp³-hybridized carbons (Fsp3) is 0.0571. The van der Waals surface area contributed by atoms with Gasteiger partial charge < -0.3 is 9.80 Å². The van der Waals surface area contributed by atoms with Crippen molar-refractivity contribution in [1.82, 2.24) is 19.9 Å². The summed E-state index contributed by atoms with van der Waals surface area (Å²) < 4.78 is 0. The molecule has 2 aliphatic rings. The molecule has 0 spiro atoms. The molecule has 14 rings (SSSR count). The summed E-state index contributed by atoms with van der Waals surface area (Å²) in [5.74, 6) is 1.24. The number of benzene rings is 10. The molecule has 0 N–H and O–H groups in total. The minimum Gasteiger partial charge on any atom is -0.311 e. The monoisotopic (exact) mass is 1030 g/mol. The van der Waals surface area contributed by atoms with E-state index >= 15 is 0 Å². The maximum atomic E-state index is 5.63. The number of aromatic nitrogens is 4. The van der Waals surface area contributed by atoms with Crippen LogP contribution in [0.3, 0.4) is 0 Å². The summed E-state index contributed by atoms with van der Waals surface area (Å²) in [4.78, 5) is 27.5. The van der Waals surface area contributed by atoms with Gasteiger partial charge in [-0.15, -0.1) is 0 Å². The predicted octanol–water partition coefficient (Wildman–Crippen LogP) is 15.6. The summed E-state index contributed by atoms with van der Waals surface area (Å²) in [5, 5.41) is 7.50. The molecule has 0 saturated heterocycles. The average molecular weight is 1040 g/mol. The van der Waals surface area contributed by atoms with E-state index in [2.05, 4.69) is 291 Å². The van der Waals surface area contributed by atoms with Crippen molar-refractivity contribution < 1.29 is 0 Å². The average Bonchev–Trinajstić information content (AvgIpc) is 3.69. The van der Waals surface area contributed by atoms with Crippen LogP contribution in [0.5, 0.6) is 0 Å². The molecule has 12 aromatic rings. The lowest BCUT2D eigenvalue weighted by Crippen LogP contribution is -2.58. The fourth-order valence-electron chi connectivity index (χ4n) is 12.1. The molecule has 2 aliphatic heterocycles. The Bertz CT molecular complexity index is 3790. The van der Waals surface area contributed by atoms with Crippen LogP contribution in [0.4, 0.5) is 34.1 Å². The third-order valence-corrected chi connectivity index (χ3v) is 23.1. The molecule has 78 heavy (non-hydrogen) atoms. The molecule has 372 valence electrons. The van der Waals surface area contributed by atoms with Crippen LogP contribution < -0.4 is 30.5 Å². The zero-order valence-electron chi connectivity index (χ0n) is 43.9. The normalized spacial score (nSPS) is 13.8. The first-order valence-electron chi connectivity index (χ1n) is 26.8. The number of nitrogens with zero attached hydrogens (tertiary/aromatic N) is 6. The molecule has 0 bridgehead atoms. The van der Waals surface area contributed by atoms with E-state index < -0.39 is 16.1 Å². The Balaban J connectivity index is 1.15. The standard InChI is InChI=1S/C70H54N6Si2/c1-77(2)65-37-21-17-33-61(65)75(62-34-18-22-38-66(62)77)51-41-53-54(55(43-51)69-71-57(47-25-9-5-10-26-47)45-58(72-69)48-27-11-6-12-28-48)42-52(76-63-35-19-23-39-67(63)78(3,4)68-40-24-20-36-64(68)76)44-56(53)70-73-59(49-29-13-7-14-30-49)46-60(74-70)50-31-15-8-16-32-50/h5-46H,1-4H3. The molecule has 6 nitrogen and oxygen atoms in total. The van der Waals surface area contributed by atoms with Crippen molar-refractivity contribution in [2.45, 2.75) is 26.2 Å². The minimum atomic E-state index is -2.15. The van der Waals surface area contributed by atoms with Crippen molar-refractivity contribution in [2.75, 3.05) is 9.80 Å². The first kappa shape index (κ1) is 47.1. The van der Waals surface area contributed by atoms with E-state index in [1.54, 1.807) is 0 Å². The van der Waals surface area contributed by atoms with Crippen molar-refractivity contribution >= 4 is 81.8 Å². The second-order valence-corrected chi connectivity index (χ2v) is 30.1. The zero-order valence-corrected chi connectivity index (χ0v) is 45.9. The Morgan fingerprint density at radius 3 is 0.782 bits per heavy atom. The van der Waals surface area contributed by atoms with Crippen molar-refractivity contribution in [3.8, 4) is 67.8 Å². The van der Waals surface area contributed by atoms with Crippen molar-refractivity contribution in [3.63, 3.8) is 0 Å². The van der Waals surface area contributed by atoms with Crippen molar-refractivity contribution in [2.24, 2.45) is 0 Å². The molecule has 0 amide bonds.